The summed E-state index contributed by atoms with van der Waals surface area (Å²) in [6, 6.07) is 8.99. The number of carbonyl (C=O) groups excluding carboxylic acids is 1. The Morgan fingerprint density at radius 1 is 1.38 bits per heavy atom. The van der Waals surface area contributed by atoms with Crippen LogP contribution in [0.5, 0.6) is 0 Å². The van der Waals surface area contributed by atoms with E-state index in [1.807, 2.05) is 31.2 Å². The van der Waals surface area contributed by atoms with E-state index >= 15 is 0 Å². The van der Waals surface area contributed by atoms with E-state index in [1.54, 1.807) is 18.2 Å². The molecule has 16 heavy (non-hydrogen) atoms. The first-order valence-corrected chi connectivity index (χ1v) is 4.93. The minimum Gasteiger partial charge on any atom is -0.321 e. The molecule has 1 N–H and O–H groups in total. The molecule has 2 heteroatoms. The molecule has 0 aliphatic carbocycles. The number of hydrogen-bond acceptors (Lipinski definition) is 1. The van der Waals surface area contributed by atoms with Gasteiger partial charge in [-0.15, -0.1) is 6.42 Å². The third-order valence-corrected chi connectivity index (χ3v) is 1.88. The van der Waals surface area contributed by atoms with Gasteiger partial charge in [-0.1, -0.05) is 30.2 Å². The summed E-state index contributed by atoms with van der Waals surface area (Å²) in [7, 11) is 0. The van der Waals surface area contributed by atoms with Gasteiger partial charge in [-0.05, 0) is 25.1 Å². The second-order valence-corrected chi connectivity index (χ2v) is 3.09. The van der Waals surface area contributed by atoms with E-state index in [0.29, 0.717) is 11.3 Å². The van der Waals surface area contributed by atoms with Crippen molar-refractivity contribution in [3.05, 3.63) is 59.8 Å². The zero-order valence-electron chi connectivity index (χ0n) is 9.10. The van der Waals surface area contributed by atoms with Gasteiger partial charge in [-0.2, -0.15) is 0 Å². The molecule has 80 valence electrons. The standard InChI is InChI=1S/C14H13NO/c1-3-8-13(9-4-2)15-14(16)12-10-6-5-7-11-12/h1,4-11H,2H3,(H,15,16)/b9-4-,13-8+. The molecular formula is C14H13NO. The lowest BCUT2D eigenvalue weighted by Crippen LogP contribution is -2.21. The maximum absolute atomic E-state index is 11.8. The maximum Gasteiger partial charge on any atom is 0.255 e. The van der Waals surface area contributed by atoms with Crippen LogP contribution in [0.25, 0.3) is 0 Å². The lowest BCUT2D eigenvalue weighted by Gasteiger charge is -2.04. The van der Waals surface area contributed by atoms with Crippen molar-refractivity contribution in [2.75, 3.05) is 0 Å². The molecule has 0 heterocycles. The Morgan fingerprint density at radius 2 is 2.06 bits per heavy atom. The van der Waals surface area contributed by atoms with E-state index in [9.17, 15) is 4.79 Å². The summed E-state index contributed by atoms with van der Waals surface area (Å²) >= 11 is 0. The Balaban J connectivity index is 2.78. The molecule has 1 aromatic carbocycles. The van der Waals surface area contributed by atoms with Crippen LogP contribution in [-0.4, -0.2) is 5.91 Å². The molecular weight excluding hydrogens is 198 g/mol. The third kappa shape index (κ3) is 3.47. The van der Waals surface area contributed by atoms with Crippen LogP contribution in [0.15, 0.2) is 54.3 Å². The Morgan fingerprint density at radius 3 is 2.62 bits per heavy atom. The predicted molar refractivity (Wildman–Crippen MR) is 65.6 cm³/mol. The minimum atomic E-state index is -0.166. The maximum atomic E-state index is 11.8. The molecule has 0 radical (unpaired) electrons. The quantitative estimate of drug-likeness (QED) is 0.604. The van der Waals surface area contributed by atoms with Crippen LogP contribution in [0.4, 0.5) is 0 Å². The van der Waals surface area contributed by atoms with Crippen LogP contribution in [0, 0.1) is 12.3 Å². The predicted octanol–water partition coefficient (Wildman–Crippen LogP) is 2.51. The van der Waals surface area contributed by atoms with Gasteiger partial charge in [0, 0.05) is 17.3 Å². The van der Waals surface area contributed by atoms with Gasteiger partial charge < -0.3 is 5.32 Å². The fourth-order valence-electron chi connectivity index (χ4n) is 1.19. The lowest BCUT2D eigenvalue weighted by atomic mass is 10.2. The van der Waals surface area contributed by atoms with Crippen molar-refractivity contribution in [3.63, 3.8) is 0 Å². The average Bonchev–Trinajstić information content (AvgIpc) is 2.31. The first-order valence-electron chi connectivity index (χ1n) is 4.93. The fourth-order valence-corrected chi connectivity index (χ4v) is 1.19. The molecule has 0 bridgehead atoms. The van der Waals surface area contributed by atoms with Crippen LogP contribution >= 0.6 is 0 Å². The topological polar surface area (TPSA) is 29.1 Å². The van der Waals surface area contributed by atoms with Crippen LogP contribution in [0.2, 0.25) is 0 Å². The molecule has 0 fully saturated rings. The van der Waals surface area contributed by atoms with E-state index in [2.05, 4.69) is 11.2 Å². The molecule has 0 saturated carbocycles. The Bertz CT molecular complexity index is 449. The van der Waals surface area contributed by atoms with Crippen molar-refractivity contribution in [1.29, 1.82) is 0 Å². The highest BCUT2D eigenvalue weighted by atomic mass is 16.1. The first-order chi connectivity index (χ1) is 7.77. The number of rotatable bonds is 3. The summed E-state index contributed by atoms with van der Waals surface area (Å²) < 4.78 is 0. The Hall–Kier alpha value is -2.27. The zero-order valence-corrected chi connectivity index (χ0v) is 9.10. The van der Waals surface area contributed by atoms with Crippen LogP contribution < -0.4 is 5.32 Å². The first kappa shape index (κ1) is 11.8. The summed E-state index contributed by atoms with van der Waals surface area (Å²) in [4.78, 5) is 11.8. The lowest BCUT2D eigenvalue weighted by molar-refractivity contribution is 0.0967. The van der Waals surface area contributed by atoms with Crippen molar-refractivity contribution in [1.82, 2.24) is 5.32 Å². The monoisotopic (exact) mass is 211 g/mol. The molecule has 2 nitrogen and oxygen atoms in total. The fraction of sp³-hybridized carbons (Fsp3) is 0.0714. The van der Waals surface area contributed by atoms with Crippen molar-refractivity contribution in [2.45, 2.75) is 6.92 Å². The Labute approximate surface area is 95.7 Å². The summed E-state index contributed by atoms with van der Waals surface area (Å²) in [6.07, 6.45) is 10.2. The van der Waals surface area contributed by atoms with Crippen LogP contribution in [0.3, 0.4) is 0 Å². The SMILES string of the molecule is C#C/C=C(\C=C/C)NC(=O)c1ccccc1. The van der Waals surface area contributed by atoms with Crippen molar-refractivity contribution < 1.29 is 4.79 Å². The van der Waals surface area contributed by atoms with Gasteiger partial charge in [-0.3, -0.25) is 4.79 Å². The van der Waals surface area contributed by atoms with Crippen molar-refractivity contribution >= 4 is 5.91 Å². The molecule has 1 aromatic rings. The number of carbonyl (C=O) groups is 1. The average molecular weight is 211 g/mol. The van der Waals surface area contributed by atoms with Gasteiger partial charge in [0.1, 0.15) is 0 Å². The summed E-state index contributed by atoms with van der Waals surface area (Å²) in [6.45, 7) is 1.86. The van der Waals surface area contributed by atoms with E-state index in [1.165, 1.54) is 6.08 Å². The molecule has 0 unspecified atom stereocenters. The van der Waals surface area contributed by atoms with Gasteiger partial charge in [0.05, 0.1) is 0 Å². The molecule has 0 saturated heterocycles. The highest BCUT2D eigenvalue weighted by Crippen LogP contribution is 2.00. The molecule has 0 aliphatic rings. The van der Waals surface area contributed by atoms with E-state index in [-0.39, 0.29) is 5.91 Å². The summed E-state index contributed by atoms with van der Waals surface area (Å²) in [5, 5.41) is 2.73. The molecule has 0 atom stereocenters. The number of benzene rings is 1. The van der Waals surface area contributed by atoms with Crippen molar-refractivity contribution in [3.8, 4) is 12.3 Å². The van der Waals surface area contributed by atoms with E-state index in [4.69, 9.17) is 6.42 Å². The molecule has 1 amide bonds. The highest BCUT2D eigenvalue weighted by Gasteiger charge is 2.04. The van der Waals surface area contributed by atoms with Gasteiger partial charge in [0.15, 0.2) is 0 Å². The number of terminal acetylenes is 1. The molecule has 0 spiro atoms. The number of nitrogens with one attached hydrogen (secondary N) is 1. The third-order valence-electron chi connectivity index (χ3n) is 1.88. The van der Waals surface area contributed by atoms with Gasteiger partial charge in [0.2, 0.25) is 0 Å². The van der Waals surface area contributed by atoms with E-state index < -0.39 is 0 Å². The highest BCUT2D eigenvalue weighted by molar-refractivity contribution is 5.95. The Kier molecular flexibility index (Phi) is 4.62. The second-order valence-electron chi connectivity index (χ2n) is 3.09. The molecule has 1 rings (SSSR count). The second kappa shape index (κ2) is 6.26. The van der Waals surface area contributed by atoms with Crippen molar-refractivity contribution in [2.24, 2.45) is 0 Å². The van der Waals surface area contributed by atoms with Crippen LogP contribution in [0.1, 0.15) is 17.3 Å². The number of amides is 1. The minimum absolute atomic E-state index is 0.166. The van der Waals surface area contributed by atoms with Gasteiger partial charge in [0.25, 0.3) is 5.91 Å². The molecule has 0 aliphatic heterocycles. The van der Waals surface area contributed by atoms with E-state index in [0.717, 1.165) is 0 Å². The zero-order chi connectivity index (χ0) is 11.8. The van der Waals surface area contributed by atoms with Crippen LogP contribution in [-0.2, 0) is 0 Å². The summed E-state index contributed by atoms with van der Waals surface area (Å²) in [5.41, 5.74) is 1.22. The van der Waals surface area contributed by atoms with Gasteiger partial charge in [-0.25, -0.2) is 0 Å². The molecule has 0 aromatic heterocycles. The largest absolute Gasteiger partial charge is 0.321 e. The van der Waals surface area contributed by atoms with Gasteiger partial charge >= 0.3 is 0 Å². The number of hydrogen-bond donors (Lipinski definition) is 1. The normalized spacial score (nSPS) is 11.1. The smallest absolute Gasteiger partial charge is 0.255 e. The summed E-state index contributed by atoms with van der Waals surface area (Å²) in [5.74, 6) is 2.21. The number of allylic oxidation sites excluding steroid dienone is 3.